The van der Waals surface area contributed by atoms with Gasteiger partial charge >= 0.3 is 0 Å². The molecule has 0 aromatic carbocycles. The highest BCUT2D eigenvalue weighted by Crippen LogP contribution is 2.44. The topological polar surface area (TPSA) is 0 Å². The highest BCUT2D eigenvalue weighted by molar-refractivity contribution is 4.82. The summed E-state index contributed by atoms with van der Waals surface area (Å²) < 4.78 is 0. The van der Waals surface area contributed by atoms with Gasteiger partial charge in [-0.15, -0.1) is 0 Å². The smallest absolute Gasteiger partial charge is 0.0298 e. The van der Waals surface area contributed by atoms with Gasteiger partial charge in [0.25, 0.3) is 0 Å². The van der Waals surface area contributed by atoms with E-state index in [1.807, 2.05) is 13.8 Å². The Morgan fingerprint density at radius 3 is 1.87 bits per heavy atom. The quantitative estimate of drug-likeness (QED) is 0.528. The molecule has 0 bridgehead atoms. The maximum Gasteiger partial charge on any atom is -0.0298 e. The second-order valence-corrected chi connectivity index (χ2v) is 4.91. The van der Waals surface area contributed by atoms with Gasteiger partial charge in [-0.1, -0.05) is 66.2 Å². The van der Waals surface area contributed by atoms with Gasteiger partial charge in [-0.05, 0) is 31.1 Å². The minimum absolute atomic E-state index is 0.781. The third-order valence-electron chi connectivity index (χ3n) is 3.76. The van der Waals surface area contributed by atoms with Gasteiger partial charge in [0.05, 0.1) is 0 Å². The van der Waals surface area contributed by atoms with Crippen LogP contribution in [0.15, 0.2) is 0 Å². The first-order chi connectivity index (χ1) is 7.33. The van der Waals surface area contributed by atoms with Crippen LogP contribution in [0.1, 0.15) is 91.9 Å². The summed E-state index contributed by atoms with van der Waals surface area (Å²) in [5, 5.41) is 0. The standard InChI is InChI=1S/C13H26.C2H6/c1-3-5-10-13(9-4-2)11-7-6-8-12-13;1-2/h3-12H2,1-2H3;1-2H3. The first-order valence-corrected chi connectivity index (χ1v) is 7.33. The summed E-state index contributed by atoms with van der Waals surface area (Å²) in [4.78, 5) is 0. The van der Waals surface area contributed by atoms with E-state index >= 15 is 0 Å². The molecule has 0 aromatic rings. The average Bonchev–Trinajstić information content (AvgIpc) is 2.31. The van der Waals surface area contributed by atoms with Crippen molar-refractivity contribution >= 4 is 0 Å². The first-order valence-electron chi connectivity index (χ1n) is 7.33. The van der Waals surface area contributed by atoms with E-state index in [2.05, 4.69) is 13.8 Å². The zero-order valence-electron chi connectivity index (χ0n) is 11.6. The zero-order valence-corrected chi connectivity index (χ0v) is 11.6. The van der Waals surface area contributed by atoms with E-state index in [-0.39, 0.29) is 0 Å². The third-order valence-corrected chi connectivity index (χ3v) is 3.76. The summed E-state index contributed by atoms with van der Waals surface area (Å²) in [5.74, 6) is 0. The molecule has 92 valence electrons. The summed E-state index contributed by atoms with van der Waals surface area (Å²) >= 11 is 0. The van der Waals surface area contributed by atoms with Crippen LogP contribution in [0.5, 0.6) is 0 Å². The molecule has 1 aliphatic carbocycles. The lowest BCUT2D eigenvalue weighted by molar-refractivity contribution is 0.151. The molecule has 15 heavy (non-hydrogen) atoms. The van der Waals surface area contributed by atoms with Gasteiger partial charge in [-0.25, -0.2) is 0 Å². The number of rotatable bonds is 5. The van der Waals surface area contributed by atoms with Crippen molar-refractivity contribution in [3.05, 3.63) is 0 Å². The van der Waals surface area contributed by atoms with Gasteiger partial charge in [-0.2, -0.15) is 0 Å². The van der Waals surface area contributed by atoms with Gasteiger partial charge in [0.15, 0.2) is 0 Å². The molecular weight excluding hydrogens is 180 g/mol. The summed E-state index contributed by atoms with van der Waals surface area (Å²) in [6, 6.07) is 0. The molecule has 0 atom stereocenters. The molecule has 0 radical (unpaired) electrons. The zero-order chi connectivity index (χ0) is 11.6. The minimum Gasteiger partial charge on any atom is -0.0683 e. The molecule has 0 spiro atoms. The van der Waals surface area contributed by atoms with Gasteiger partial charge in [0.2, 0.25) is 0 Å². The Hall–Kier alpha value is 0. The van der Waals surface area contributed by atoms with E-state index in [9.17, 15) is 0 Å². The maximum absolute atomic E-state index is 2.35. The van der Waals surface area contributed by atoms with Crippen LogP contribution < -0.4 is 0 Å². The molecule has 0 amide bonds. The van der Waals surface area contributed by atoms with E-state index in [4.69, 9.17) is 0 Å². The van der Waals surface area contributed by atoms with Gasteiger partial charge in [0, 0.05) is 0 Å². The lowest BCUT2D eigenvalue weighted by Crippen LogP contribution is -2.23. The van der Waals surface area contributed by atoms with Crippen LogP contribution >= 0.6 is 0 Å². The Balaban J connectivity index is 0.000000921. The van der Waals surface area contributed by atoms with Crippen molar-refractivity contribution in [3.63, 3.8) is 0 Å². The summed E-state index contributed by atoms with van der Waals surface area (Å²) in [7, 11) is 0. The molecule has 1 saturated carbocycles. The molecule has 1 aliphatic rings. The second kappa shape index (κ2) is 9.24. The Bertz CT molecular complexity index is 114. The fraction of sp³-hybridized carbons (Fsp3) is 1.00. The van der Waals surface area contributed by atoms with E-state index in [1.54, 1.807) is 0 Å². The third kappa shape index (κ3) is 5.58. The number of hydrogen-bond acceptors (Lipinski definition) is 0. The second-order valence-electron chi connectivity index (χ2n) is 4.91. The van der Waals surface area contributed by atoms with Crippen LogP contribution in [0, 0.1) is 5.41 Å². The van der Waals surface area contributed by atoms with Crippen LogP contribution in [-0.2, 0) is 0 Å². The Morgan fingerprint density at radius 2 is 1.40 bits per heavy atom. The lowest BCUT2D eigenvalue weighted by atomic mass is 9.68. The van der Waals surface area contributed by atoms with E-state index < -0.39 is 0 Å². The molecule has 0 heteroatoms. The monoisotopic (exact) mass is 212 g/mol. The van der Waals surface area contributed by atoms with E-state index in [0.717, 1.165) is 5.41 Å². The molecule has 0 aromatic heterocycles. The molecule has 1 rings (SSSR count). The fourth-order valence-electron chi connectivity index (χ4n) is 3.01. The first kappa shape index (κ1) is 15.0. The molecule has 0 heterocycles. The molecule has 0 N–H and O–H groups in total. The number of hydrogen-bond donors (Lipinski definition) is 0. The van der Waals surface area contributed by atoms with Crippen molar-refractivity contribution in [1.29, 1.82) is 0 Å². The van der Waals surface area contributed by atoms with Gasteiger partial charge in [-0.3, -0.25) is 0 Å². The van der Waals surface area contributed by atoms with Crippen molar-refractivity contribution < 1.29 is 0 Å². The molecule has 0 nitrogen and oxygen atoms in total. The Labute approximate surface area is 97.8 Å². The SMILES string of the molecule is CC.CCCCC1(CCC)CCCCC1. The predicted octanol–water partition coefficient (Wildman–Crippen LogP) is 5.95. The summed E-state index contributed by atoms with van der Waals surface area (Å²) in [5.41, 5.74) is 0.781. The molecule has 0 unspecified atom stereocenters. The van der Waals surface area contributed by atoms with E-state index in [1.165, 1.54) is 64.2 Å². The molecule has 0 aliphatic heterocycles. The molecule has 1 fully saturated rings. The van der Waals surface area contributed by atoms with Gasteiger partial charge in [0.1, 0.15) is 0 Å². The minimum atomic E-state index is 0.781. The van der Waals surface area contributed by atoms with Crippen LogP contribution in [0.2, 0.25) is 0 Å². The lowest BCUT2D eigenvalue weighted by Gasteiger charge is -2.37. The van der Waals surface area contributed by atoms with Crippen molar-refractivity contribution in [2.24, 2.45) is 5.41 Å². The van der Waals surface area contributed by atoms with Crippen molar-refractivity contribution in [2.45, 2.75) is 91.9 Å². The van der Waals surface area contributed by atoms with E-state index in [0.29, 0.717) is 0 Å². The van der Waals surface area contributed by atoms with Crippen molar-refractivity contribution in [3.8, 4) is 0 Å². The normalized spacial score (nSPS) is 19.2. The Morgan fingerprint density at radius 1 is 0.800 bits per heavy atom. The predicted molar refractivity (Wildman–Crippen MR) is 71.3 cm³/mol. The van der Waals surface area contributed by atoms with Crippen molar-refractivity contribution in [2.75, 3.05) is 0 Å². The Kier molecular flexibility index (Phi) is 9.24. The van der Waals surface area contributed by atoms with Gasteiger partial charge < -0.3 is 0 Å². The van der Waals surface area contributed by atoms with Crippen LogP contribution in [-0.4, -0.2) is 0 Å². The summed E-state index contributed by atoms with van der Waals surface area (Å²) in [6.45, 7) is 8.67. The maximum atomic E-state index is 2.35. The highest BCUT2D eigenvalue weighted by atomic mass is 14.3. The average molecular weight is 212 g/mol. The van der Waals surface area contributed by atoms with Crippen LogP contribution in [0.4, 0.5) is 0 Å². The van der Waals surface area contributed by atoms with Crippen LogP contribution in [0.25, 0.3) is 0 Å². The van der Waals surface area contributed by atoms with Crippen LogP contribution in [0.3, 0.4) is 0 Å². The molecule has 0 saturated heterocycles. The van der Waals surface area contributed by atoms with Crippen molar-refractivity contribution in [1.82, 2.24) is 0 Å². The number of unbranched alkanes of at least 4 members (excludes halogenated alkanes) is 1. The largest absolute Gasteiger partial charge is 0.0683 e. The summed E-state index contributed by atoms with van der Waals surface area (Å²) in [6.07, 6.45) is 14.8. The highest BCUT2D eigenvalue weighted by Gasteiger charge is 2.29. The molecular formula is C15H32. The fourth-order valence-corrected chi connectivity index (χ4v) is 3.01.